The normalized spacial score (nSPS) is 26.5. The summed E-state index contributed by atoms with van der Waals surface area (Å²) < 4.78 is 5.26. The fourth-order valence-corrected chi connectivity index (χ4v) is 4.85. The molecule has 0 aliphatic carbocycles. The number of anilines is 1. The van der Waals surface area contributed by atoms with E-state index < -0.39 is 12.0 Å². The maximum atomic E-state index is 13.5. The minimum Gasteiger partial charge on any atom is -0.497 e. The number of hydrogen-bond acceptors (Lipinski definition) is 6. The second-order valence-corrected chi connectivity index (χ2v) is 7.54. The van der Waals surface area contributed by atoms with Gasteiger partial charge in [0.1, 0.15) is 11.8 Å². The third kappa shape index (κ3) is 2.57. The van der Waals surface area contributed by atoms with Crippen LogP contribution in [0.5, 0.6) is 5.75 Å². The number of amides is 2. The predicted molar refractivity (Wildman–Crippen MR) is 105 cm³/mol. The van der Waals surface area contributed by atoms with Crippen LogP contribution in [0.2, 0.25) is 0 Å². The summed E-state index contributed by atoms with van der Waals surface area (Å²) >= 11 is 0. The molecular weight excluding hydrogens is 368 g/mol. The molecule has 0 spiro atoms. The lowest BCUT2D eigenvalue weighted by Crippen LogP contribution is -2.44. The number of methoxy groups -OCH3 is 1. The highest BCUT2D eigenvalue weighted by Gasteiger charge is 2.62. The summed E-state index contributed by atoms with van der Waals surface area (Å²) in [6, 6.07) is 15.7. The van der Waals surface area contributed by atoms with Crippen molar-refractivity contribution < 1.29 is 14.3 Å². The minimum atomic E-state index is -0.479. The van der Waals surface area contributed by atoms with E-state index in [1.54, 1.807) is 31.4 Å². The van der Waals surface area contributed by atoms with E-state index in [9.17, 15) is 9.59 Å². The molecule has 0 saturated carbocycles. The van der Waals surface area contributed by atoms with Gasteiger partial charge in [-0.1, -0.05) is 12.1 Å². The molecule has 5 rings (SSSR count). The molecule has 2 amide bonds. The first-order chi connectivity index (χ1) is 14.1. The largest absolute Gasteiger partial charge is 0.497 e. The highest BCUT2D eigenvalue weighted by atomic mass is 16.5. The number of hydrogen-bond donors (Lipinski definition) is 0. The molecule has 3 aliphatic heterocycles. The van der Waals surface area contributed by atoms with Crippen molar-refractivity contribution in [1.82, 2.24) is 10.0 Å². The van der Waals surface area contributed by atoms with Crippen molar-refractivity contribution >= 4 is 17.5 Å². The van der Waals surface area contributed by atoms with Crippen LogP contribution in [-0.4, -0.2) is 48.1 Å². The lowest BCUT2D eigenvalue weighted by atomic mass is 9.90. The van der Waals surface area contributed by atoms with Gasteiger partial charge in [0.15, 0.2) is 0 Å². The molecule has 3 saturated heterocycles. The number of carbonyl (C=O) groups is 2. The quantitative estimate of drug-likeness (QED) is 0.750. The number of carbonyl (C=O) groups excluding carboxylic acids is 2. The monoisotopic (exact) mass is 388 g/mol. The topological polar surface area (TPSA) is 76.9 Å². The van der Waals surface area contributed by atoms with Crippen LogP contribution in [0.1, 0.15) is 23.6 Å². The zero-order valence-corrected chi connectivity index (χ0v) is 16.0. The summed E-state index contributed by atoms with van der Waals surface area (Å²) in [5, 5.41) is 13.3. The summed E-state index contributed by atoms with van der Waals surface area (Å²) in [5.74, 6) is -0.0611. The summed E-state index contributed by atoms with van der Waals surface area (Å²) in [5.41, 5.74) is 2.02. The number of ether oxygens (including phenoxy) is 1. The Bertz CT molecular complexity index is 1010. The Hall–Kier alpha value is -3.21. The third-order valence-corrected chi connectivity index (χ3v) is 6.12. The first-order valence-electron chi connectivity index (χ1n) is 9.69. The van der Waals surface area contributed by atoms with Crippen molar-refractivity contribution in [2.24, 2.45) is 5.92 Å². The average Bonchev–Trinajstić information content (AvgIpc) is 3.40. The number of rotatable bonds is 3. The van der Waals surface area contributed by atoms with Gasteiger partial charge < -0.3 is 4.74 Å². The van der Waals surface area contributed by atoms with Crippen LogP contribution >= 0.6 is 0 Å². The molecule has 7 nitrogen and oxygen atoms in total. The van der Waals surface area contributed by atoms with E-state index in [1.807, 2.05) is 24.3 Å². The maximum absolute atomic E-state index is 13.5. The van der Waals surface area contributed by atoms with Crippen LogP contribution in [0.15, 0.2) is 48.5 Å². The van der Waals surface area contributed by atoms with Crippen LogP contribution in [-0.2, 0) is 9.59 Å². The molecule has 146 valence electrons. The van der Waals surface area contributed by atoms with Crippen molar-refractivity contribution in [2.45, 2.75) is 18.5 Å². The summed E-state index contributed by atoms with van der Waals surface area (Å²) in [6.45, 7) is 1.61. The lowest BCUT2D eigenvalue weighted by Gasteiger charge is -2.29. The lowest BCUT2D eigenvalue weighted by molar-refractivity contribution is -0.126. The fourth-order valence-electron chi connectivity index (χ4n) is 4.85. The van der Waals surface area contributed by atoms with Crippen LogP contribution in [0.25, 0.3) is 0 Å². The number of nitriles is 1. The molecule has 29 heavy (non-hydrogen) atoms. The molecule has 0 N–H and O–H groups in total. The predicted octanol–water partition coefficient (Wildman–Crippen LogP) is 2.10. The van der Waals surface area contributed by atoms with E-state index in [-0.39, 0.29) is 17.9 Å². The summed E-state index contributed by atoms with van der Waals surface area (Å²) in [4.78, 5) is 28.1. The van der Waals surface area contributed by atoms with Gasteiger partial charge in [0.05, 0.1) is 36.4 Å². The van der Waals surface area contributed by atoms with E-state index in [1.165, 1.54) is 4.90 Å². The second kappa shape index (κ2) is 6.69. The molecule has 2 aromatic carbocycles. The Kier molecular flexibility index (Phi) is 4.12. The van der Waals surface area contributed by atoms with Crippen LogP contribution in [0, 0.1) is 17.2 Å². The Morgan fingerprint density at radius 1 is 0.931 bits per heavy atom. The molecule has 7 heteroatoms. The van der Waals surface area contributed by atoms with E-state index in [0.29, 0.717) is 11.3 Å². The van der Waals surface area contributed by atoms with Crippen LogP contribution in [0.3, 0.4) is 0 Å². The number of imide groups is 1. The smallest absolute Gasteiger partial charge is 0.253 e. The third-order valence-electron chi connectivity index (χ3n) is 6.12. The van der Waals surface area contributed by atoms with Gasteiger partial charge in [-0.2, -0.15) is 5.26 Å². The summed E-state index contributed by atoms with van der Waals surface area (Å²) in [6.07, 6.45) is 0.966. The maximum Gasteiger partial charge on any atom is 0.253 e. The Morgan fingerprint density at radius 3 is 2.21 bits per heavy atom. The SMILES string of the molecule is COc1ccc([C@H]2[C@H]3C(=O)N(c4ccc(C#N)cc4)C(=O)[C@@H]3N3CCCN23)cc1. The van der Waals surface area contributed by atoms with E-state index in [4.69, 9.17) is 10.00 Å². The molecule has 0 unspecified atom stereocenters. The van der Waals surface area contributed by atoms with Gasteiger partial charge in [-0.25, -0.2) is 14.9 Å². The van der Waals surface area contributed by atoms with E-state index in [0.717, 1.165) is 30.8 Å². The Morgan fingerprint density at radius 2 is 1.59 bits per heavy atom. The van der Waals surface area contributed by atoms with Gasteiger partial charge in [0.25, 0.3) is 5.91 Å². The minimum absolute atomic E-state index is 0.173. The molecule has 3 heterocycles. The fraction of sp³-hybridized carbons (Fsp3) is 0.318. The molecule has 3 aliphatic rings. The van der Waals surface area contributed by atoms with Gasteiger partial charge >= 0.3 is 0 Å². The molecule has 0 radical (unpaired) electrons. The Labute approximate surface area is 168 Å². The molecule has 3 atom stereocenters. The molecule has 3 fully saturated rings. The number of hydrazine groups is 1. The number of fused-ring (bicyclic) bond motifs is 3. The standard InChI is InChI=1S/C22H20N4O3/c1-29-17-9-5-15(6-10-17)19-18-20(25-12-2-11-24(19)25)22(28)26(21(18)27)16-7-3-14(13-23)4-8-16/h3-10,18-20H,2,11-12H2,1H3/t18-,19+,20-/m1/s1. The highest BCUT2D eigenvalue weighted by Crippen LogP contribution is 2.49. The summed E-state index contributed by atoms with van der Waals surface area (Å²) in [7, 11) is 1.62. The second-order valence-electron chi connectivity index (χ2n) is 7.54. The van der Waals surface area contributed by atoms with Gasteiger partial charge in [-0.05, 0) is 48.4 Å². The van der Waals surface area contributed by atoms with Crippen molar-refractivity contribution in [2.75, 3.05) is 25.1 Å². The van der Waals surface area contributed by atoms with Gasteiger partial charge in [0, 0.05) is 13.1 Å². The number of nitrogens with zero attached hydrogens (tertiary/aromatic N) is 4. The van der Waals surface area contributed by atoms with Crippen molar-refractivity contribution in [3.8, 4) is 11.8 Å². The first-order valence-corrected chi connectivity index (χ1v) is 9.69. The van der Waals surface area contributed by atoms with Gasteiger partial charge in [-0.15, -0.1) is 0 Å². The highest BCUT2D eigenvalue weighted by molar-refractivity contribution is 6.24. The van der Waals surface area contributed by atoms with Crippen molar-refractivity contribution in [3.05, 3.63) is 59.7 Å². The molecule has 0 aromatic heterocycles. The van der Waals surface area contributed by atoms with Crippen molar-refractivity contribution in [1.29, 1.82) is 5.26 Å². The zero-order valence-electron chi connectivity index (χ0n) is 16.0. The average molecular weight is 388 g/mol. The molecule has 0 bridgehead atoms. The number of benzene rings is 2. The first kappa shape index (κ1) is 17.9. The van der Waals surface area contributed by atoms with Gasteiger partial charge in [0.2, 0.25) is 5.91 Å². The molecular formula is C22H20N4O3. The van der Waals surface area contributed by atoms with Crippen LogP contribution in [0.4, 0.5) is 5.69 Å². The van der Waals surface area contributed by atoms with E-state index >= 15 is 0 Å². The molecule has 2 aromatic rings. The zero-order chi connectivity index (χ0) is 20.1. The van der Waals surface area contributed by atoms with Crippen LogP contribution < -0.4 is 9.64 Å². The van der Waals surface area contributed by atoms with E-state index in [2.05, 4.69) is 16.1 Å². The van der Waals surface area contributed by atoms with Gasteiger partial charge in [-0.3, -0.25) is 9.59 Å². The Balaban J connectivity index is 1.54. The van der Waals surface area contributed by atoms with Crippen molar-refractivity contribution in [3.63, 3.8) is 0 Å².